The zero-order valence-corrected chi connectivity index (χ0v) is 17.1. The van der Waals surface area contributed by atoms with Crippen LogP contribution in [0.5, 0.6) is 0 Å². The van der Waals surface area contributed by atoms with Crippen LogP contribution in [0.1, 0.15) is 39.5 Å². The van der Waals surface area contributed by atoms with E-state index < -0.39 is 18.2 Å². The molecule has 7 nitrogen and oxygen atoms in total. The van der Waals surface area contributed by atoms with Gasteiger partial charge in [-0.25, -0.2) is 4.98 Å². The Hall–Kier alpha value is -3.34. The van der Waals surface area contributed by atoms with Gasteiger partial charge in [0, 0.05) is 25.2 Å². The Morgan fingerprint density at radius 2 is 2.13 bits per heavy atom. The number of terminal acetylenes is 1. The minimum absolute atomic E-state index is 0.00907. The molecule has 0 fully saturated rings. The Morgan fingerprint density at radius 1 is 1.40 bits per heavy atom. The van der Waals surface area contributed by atoms with Gasteiger partial charge in [-0.05, 0) is 18.6 Å². The number of amides is 1. The summed E-state index contributed by atoms with van der Waals surface area (Å²) < 4.78 is 7.84. The summed E-state index contributed by atoms with van der Waals surface area (Å²) in [6.45, 7) is 1.92. The third-order valence-corrected chi connectivity index (χ3v) is 5.65. The molecule has 3 atom stereocenters. The number of aromatic nitrogens is 2. The number of rotatable bonds is 4. The predicted octanol–water partition coefficient (Wildman–Crippen LogP) is 2.46. The molecule has 7 heteroatoms. The van der Waals surface area contributed by atoms with Crippen molar-refractivity contribution < 1.29 is 14.6 Å². The van der Waals surface area contributed by atoms with E-state index in [1.807, 2.05) is 48.9 Å². The number of benzene rings is 2. The number of fused-ring (bicyclic) bond motifs is 3. The Kier molecular flexibility index (Phi) is 5.20. The van der Waals surface area contributed by atoms with Gasteiger partial charge < -0.3 is 25.0 Å². The Morgan fingerprint density at radius 3 is 2.80 bits per heavy atom. The number of aliphatic hydroxyl groups is 1. The van der Waals surface area contributed by atoms with Gasteiger partial charge in [-0.3, -0.25) is 4.79 Å². The molecule has 0 saturated carbocycles. The van der Waals surface area contributed by atoms with Crippen LogP contribution < -0.4 is 10.6 Å². The Balaban J connectivity index is 2.00. The first-order valence-corrected chi connectivity index (χ1v) is 9.74. The van der Waals surface area contributed by atoms with Crippen molar-refractivity contribution in [3.05, 3.63) is 58.9 Å². The summed E-state index contributed by atoms with van der Waals surface area (Å²) in [6.07, 6.45) is 3.68. The van der Waals surface area contributed by atoms with Gasteiger partial charge in [0.2, 0.25) is 0 Å². The number of carbonyl (C=O) groups is 1. The summed E-state index contributed by atoms with van der Waals surface area (Å²) in [7, 11) is 3.48. The first-order chi connectivity index (χ1) is 14.5. The molecule has 0 bridgehead atoms. The second-order valence-electron chi connectivity index (χ2n) is 7.34. The standard InChI is InChI=1S/C23H24N4O3/c1-5-11-30-22-17-15(23(29)24-3)12-16-19(25-13(2)27(16)4)20(17)26-18(21(22)28)14-9-7-6-8-10-14/h1,6-10,12,18,21-22,26,28H,11H2,2-4H3,(H,24,29)/t18-,21-,22+/m1/s1. The lowest BCUT2D eigenvalue weighted by molar-refractivity contribution is -0.0391. The largest absolute Gasteiger partial charge is 0.388 e. The highest BCUT2D eigenvalue weighted by molar-refractivity contribution is 6.04. The maximum absolute atomic E-state index is 12.8. The lowest BCUT2D eigenvalue weighted by Gasteiger charge is -2.38. The molecule has 1 amide bonds. The van der Waals surface area contributed by atoms with Crippen LogP contribution in [0, 0.1) is 19.3 Å². The smallest absolute Gasteiger partial charge is 0.251 e. The van der Waals surface area contributed by atoms with Gasteiger partial charge in [-0.1, -0.05) is 36.3 Å². The fraction of sp³-hybridized carbons (Fsp3) is 0.304. The van der Waals surface area contributed by atoms with Crippen LogP contribution in [0.15, 0.2) is 36.4 Å². The summed E-state index contributed by atoms with van der Waals surface area (Å²) in [6, 6.07) is 11.0. The molecule has 1 aromatic heterocycles. The van der Waals surface area contributed by atoms with E-state index in [1.54, 1.807) is 13.1 Å². The maximum atomic E-state index is 12.8. The average molecular weight is 404 g/mol. The minimum Gasteiger partial charge on any atom is -0.388 e. The fourth-order valence-corrected chi connectivity index (χ4v) is 4.06. The normalized spacial score (nSPS) is 20.3. The quantitative estimate of drug-likeness (QED) is 0.582. The van der Waals surface area contributed by atoms with E-state index in [4.69, 9.17) is 16.1 Å². The Bertz CT molecular complexity index is 1150. The van der Waals surface area contributed by atoms with Gasteiger partial charge in [-0.15, -0.1) is 6.42 Å². The monoisotopic (exact) mass is 404 g/mol. The molecule has 4 rings (SSSR count). The zero-order chi connectivity index (χ0) is 21.4. The average Bonchev–Trinajstić information content (AvgIpc) is 3.06. The number of aliphatic hydroxyl groups excluding tert-OH is 1. The number of imidazole rings is 1. The van der Waals surface area contributed by atoms with Crippen LogP contribution in [-0.2, 0) is 11.8 Å². The SMILES string of the molecule is C#CCO[C@H]1c2c(C(=O)NC)cc3c(nc(C)n3C)c2N[C@H](c2ccccc2)[C@H]1O. The molecule has 30 heavy (non-hydrogen) atoms. The maximum Gasteiger partial charge on any atom is 0.251 e. The van der Waals surface area contributed by atoms with E-state index in [2.05, 4.69) is 16.6 Å². The Labute approximate surface area is 175 Å². The lowest BCUT2D eigenvalue weighted by Crippen LogP contribution is -2.39. The molecule has 154 valence electrons. The third-order valence-electron chi connectivity index (χ3n) is 5.65. The molecule has 3 aromatic rings. The number of aryl methyl sites for hydroxylation is 2. The van der Waals surface area contributed by atoms with Crippen LogP contribution in [0.2, 0.25) is 0 Å². The van der Waals surface area contributed by atoms with Crippen LogP contribution in [-0.4, -0.2) is 40.3 Å². The number of hydrogen-bond acceptors (Lipinski definition) is 5. The van der Waals surface area contributed by atoms with E-state index in [9.17, 15) is 9.90 Å². The van der Waals surface area contributed by atoms with Gasteiger partial charge in [0.05, 0.1) is 17.2 Å². The molecule has 0 unspecified atom stereocenters. The van der Waals surface area contributed by atoms with Crippen molar-refractivity contribution in [1.29, 1.82) is 0 Å². The molecule has 1 aliphatic heterocycles. The highest BCUT2D eigenvalue weighted by atomic mass is 16.5. The number of ether oxygens (including phenoxy) is 1. The lowest BCUT2D eigenvalue weighted by atomic mass is 9.85. The molecule has 0 aliphatic carbocycles. The van der Waals surface area contributed by atoms with Crippen molar-refractivity contribution in [3.63, 3.8) is 0 Å². The van der Waals surface area contributed by atoms with Crippen molar-refractivity contribution >= 4 is 22.6 Å². The molecular weight excluding hydrogens is 380 g/mol. The second kappa shape index (κ2) is 7.82. The third kappa shape index (κ3) is 3.11. The predicted molar refractivity (Wildman–Crippen MR) is 115 cm³/mol. The number of hydrogen-bond donors (Lipinski definition) is 3. The first kappa shape index (κ1) is 20.0. The van der Waals surface area contributed by atoms with Crippen molar-refractivity contribution in [2.24, 2.45) is 7.05 Å². The minimum atomic E-state index is -0.959. The molecule has 0 spiro atoms. The molecule has 0 radical (unpaired) electrons. The fourth-order valence-electron chi connectivity index (χ4n) is 4.06. The molecule has 1 aliphatic rings. The topological polar surface area (TPSA) is 88.4 Å². The number of nitrogens with zero attached hydrogens (tertiary/aromatic N) is 2. The summed E-state index contributed by atoms with van der Waals surface area (Å²) in [4.78, 5) is 17.5. The molecule has 3 N–H and O–H groups in total. The summed E-state index contributed by atoms with van der Waals surface area (Å²) in [5, 5.41) is 17.4. The van der Waals surface area contributed by atoms with Crippen LogP contribution in [0.3, 0.4) is 0 Å². The van der Waals surface area contributed by atoms with Crippen molar-refractivity contribution in [2.75, 3.05) is 19.0 Å². The van der Waals surface area contributed by atoms with Crippen molar-refractivity contribution in [2.45, 2.75) is 25.2 Å². The highest BCUT2D eigenvalue weighted by Gasteiger charge is 2.41. The molecular formula is C23H24N4O3. The number of anilines is 1. The highest BCUT2D eigenvalue weighted by Crippen LogP contribution is 2.46. The number of carbonyl (C=O) groups excluding carboxylic acids is 1. The van der Waals surface area contributed by atoms with Crippen molar-refractivity contribution in [3.8, 4) is 12.3 Å². The van der Waals surface area contributed by atoms with Gasteiger partial charge in [0.1, 0.15) is 30.2 Å². The van der Waals surface area contributed by atoms with Crippen LogP contribution >= 0.6 is 0 Å². The van der Waals surface area contributed by atoms with Gasteiger partial charge in [0.25, 0.3) is 5.91 Å². The second-order valence-corrected chi connectivity index (χ2v) is 7.34. The van der Waals surface area contributed by atoms with Gasteiger partial charge in [0.15, 0.2) is 0 Å². The summed E-state index contributed by atoms with van der Waals surface area (Å²) in [5.41, 5.74) is 4.10. The van der Waals surface area contributed by atoms with E-state index >= 15 is 0 Å². The van der Waals surface area contributed by atoms with E-state index in [0.717, 1.165) is 22.4 Å². The van der Waals surface area contributed by atoms with Gasteiger partial charge >= 0.3 is 0 Å². The van der Waals surface area contributed by atoms with Crippen LogP contribution in [0.4, 0.5) is 5.69 Å². The van der Waals surface area contributed by atoms with E-state index in [1.165, 1.54) is 0 Å². The first-order valence-electron chi connectivity index (χ1n) is 9.74. The summed E-state index contributed by atoms with van der Waals surface area (Å²) in [5.74, 6) is 3.00. The molecule has 2 aromatic carbocycles. The number of nitrogens with one attached hydrogen (secondary N) is 2. The summed E-state index contributed by atoms with van der Waals surface area (Å²) >= 11 is 0. The zero-order valence-electron chi connectivity index (χ0n) is 17.1. The van der Waals surface area contributed by atoms with E-state index in [-0.39, 0.29) is 12.5 Å². The molecule has 0 saturated heterocycles. The van der Waals surface area contributed by atoms with E-state index in [0.29, 0.717) is 16.8 Å². The van der Waals surface area contributed by atoms with Gasteiger partial charge in [-0.2, -0.15) is 0 Å². The van der Waals surface area contributed by atoms with Crippen molar-refractivity contribution in [1.82, 2.24) is 14.9 Å². The van der Waals surface area contributed by atoms with Crippen LogP contribution in [0.25, 0.3) is 11.0 Å². The molecule has 2 heterocycles.